The first kappa shape index (κ1) is 7.39. The molecule has 0 aliphatic rings. The number of hydrogen-bond donors (Lipinski definition) is 2. The average Bonchev–Trinajstić information content (AvgIpc) is 2.41. The van der Waals surface area contributed by atoms with E-state index in [1.807, 2.05) is 6.92 Å². The van der Waals surface area contributed by atoms with Gasteiger partial charge in [-0.3, -0.25) is 0 Å². The Morgan fingerprint density at radius 3 is 2.91 bits per heavy atom. The lowest BCUT2D eigenvalue weighted by Crippen LogP contribution is -1.78. The molecular weight excluding hydrogens is 196 g/mol. The van der Waals surface area contributed by atoms with Crippen LogP contribution in [0.1, 0.15) is 5.56 Å². The Hall–Kier alpha value is -0.260. The Morgan fingerprint density at radius 1 is 1.55 bits per heavy atom. The summed E-state index contributed by atoms with van der Waals surface area (Å²) in [7, 11) is 0. The number of rotatable bonds is 0. The fraction of sp³-hybridized carbons (Fsp3) is 0.167. The van der Waals surface area contributed by atoms with E-state index in [1.54, 1.807) is 11.3 Å². The Kier molecular flexibility index (Phi) is 1.59. The second-order valence-electron chi connectivity index (χ2n) is 2.26. The molecule has 0 aliphatic heterocycles. The molecular formula is C6H6N2S3. The van der Waals surface area contributed by atoms with Crippen LogP contribution in [0.4, 0.5) is 5.00 Å². The lowest BCUT2D eigenvalue weighted by molar-refractivity contribution is 1.48. The zero-order valence-electron chi connectivity index (χ0n) is 5.79. The molecule has 2 aromatic rings. The fourth-order valence-electron chi connectivity index (χ4n) is 0.977. The van der Waals surface area contributed by atoms with Gasteiger partial charge >= 0.3 is 0 Å². The molecule has 11 heavy (non-hydrogen) atoms. The fourth-order valence-corrected chi connectivity index (χ4v) is 3.09. The summed E-state index contributed by atoms with van der Waals surface area (Å²) in [4.78, 5) is 1.01. The second kappa shape index (κ2) is 2.36. The van der Waals surface area contributed by atoms with Gasteiger partial charge in [0, 0.05) is 0 Å². The monoisotopic (exact) mass is 202 g/mol. The molecule has 0 aliphatic carbocycles. The van der Waals surface area contributed by atoms with Gasteiger partial charge in [0.2, 0.25) is 0 Å². The summed E-state index contributed by atoms with van der Waals surface area (Å²) < 4.78 is 5.20. The number of nitrogen functional groups attached to an aromatic ring is 1. The summed E-state index contributed by atoms with van der Waals surface area (Å²) in [5.74, 6) is 0. The van der Waals surface area contributed by atoms with Gasteiger partial charge < -0.3 is 5.73 Å². The van der Waals surface area contributed by atoms with E-state index in [-0.39, 0.29) is 0 Å². The van der Waals surface area contributed by atoms with Crippen molar-refractivity contribution in [1.82, 2.24) is 4.37 Å². The third kappa shape index (κ3) is 0.953. The van der Waals surface area contributed by atoms with Gasteiger partial charge in [0.25, 0.3) is 0 Å². The molecule has 0 saturated heterocycles. The van der Waals surface area contributed by atoms with Crippen molar-refractivity contribution in [1.29, 1.82) is 0 Å². The van der Waals surface area contributed by atoms with E-state index < -0.39 is 0 Å². The molecule has 2 aromatic heterocycles. The Labute approximate surface area is 77.6 Å². The van der Waals surface area contributed by atoms with E-state index in [9.17, 15) is 0 Å². The van der Waals surface area contributed by atoms with Gasteiger partial charge in [-0.15, -0.1) is 24.0 Å². The second-order valence-corrected chi connectivity index (χ2v) is 4.81. The maximum atomic E-state index is 5.72. The van der Waals surface area contributed by atoms with E-state index in [0.717, 1.165) is 25.0 Å². The lowest BCUT2D eigenvalue weighted by atomic mass is 10.3. The molecule has 58 valence electrons. The number of nitrogens with two attached hydrogens (primary N) is 1. The van der Waals surface area contributed by atoms with Gasteiger partial charge in [0.05, 0.1) is 9.60 Å². The summed E-state index contributed by atoms with van der Waals surface area (Å²) >= 11 is 7.23. The number of nitrogens with zero attached hydrogens (tertiary/aromatic N) is 1. The molecule has 0 fully saturated rings. The number of fused-ring (bicyclic) bond motifs is 1. The van der Waals surface area contributed by atoms with Crippen molar-refractivity contribution < 1.29 is 0 Å². The number of aromatic nitrogens is 1. The van der Waals surface area contributed by atoms with Gasteiger partial charge in [-0.25, -0.2) is 0 Å². The van der Waals surface area contributed by atoms with Gasteiger partial charge in [0.15, 0.2) is 0 Å². The molecule has 0 unspecified atom stereocenters. The van der Waals surface area contributed by atoms with Crippen LogP contribution in [0, 0.1) is 6.92 Å². The maximum absolute atomic E-state index is 5.72. The number of hydrogen-bond acceptors (Lipinski definition) is 5. The van der Waals surface area contributed by atoms with Crippen molar-refractivity contribution in [3.8, 4) is 0 Å². The van der Waals surface area contributed by atoms with Crippen LogP contribution >= 0.6 is 35.5 Å². The minimum atomic E-state index is 0.800. The highest BCUT2D eigenvalue weighted by molar-refractivity contribution is 7.83. The van der Waals surface area contributed by atoms with E-state index in [2.05, 4.69) is 17.0 Å². The van der Waals surface area contributed by atoms with Crippen LogP contribution < -0.4 is 5.73 Å². The third-order valence-electron chi connectivity index (χ3n) is 1.58. The average molecular weight is 202 g/mol. The maximum Gasteiger partial charge on any atom is 0.140 e. The summed E-state index contributed by atoms with van der Waals surface area (Å²) in [6, 6.07) is 0. The number of aryl methyl sites for hydroxylation is 1. The summed E-state index contributed by atoms with van der Waals surface area (Å²) in [5.41, 5.74) is 6.87. The zero-order chi connectivity index (χ0) is 8.01. The molecule has 5 heteroatoms. The van der Waals surface area contributed by atoms with Crippen LogP contribution in [0.25, 0.3) is 10.2 Å². The summed E-state index contributed by atoms with van der Waals surface area (Å²) in [6.45, 7) is 2.02. The molecule has 0 aromatic carbocycles. The SMILES string of the molecule is Cc1c(S)sc2nsc(N)c12. The normalized spacial score (nSPS) is 11.1. The Balaban J connectivity index is 2.95. The van der Waals surface area contributed by atoms with Crippen LogP contribution in [0.2, 0.25) is 0 Å². The van der Waals surface area contributed by atoms with Crippen LogP contribution in [0.3, 0.4) is 0 Å². The smallest absolute Gasteiger partial charge is 0.140 e. The van der Waals surface area contributed by atoms with Gasteiger partial charge in [-0.05, 0) is 24.0 Å². The van der Waals surface area contributed by atoms with Crippen LogP contribution in [0.15, 0.2) is 4.21 Å². The van der Waals surface area contributed by atoms with E-state index in [0.29, 0.717) is 0 Å². The summed E-state index contributed by atoms with van der Waals surface area (Å²) in [6.07, 6.45) is 0. The number of thiophene rings is 1. The molecule has 0 bridgehead atoms. The van der Waals surface area contributed by atoms with Crippen molar-refractivity contribution >= 4 is 50.7 Å². The highest BCUT2D eigenvalue weighted by atomic mass is 32.2. The minimum absolute atomic E-state index is 0.800. The van der Waals surface area contributed by atoms with Crippen LogP contribution in [0.5, 0.6) is 0 Å². The zero-order valence-corrected chi connectivity index (χ0v) is 8.32. The standard InChI is InChI=1S/C6H6N2S3/c1-2-3-4(7)11-8-5(3)10-6(2)9/h9H,7H2,1H3. The number of thiol groups is 1. The third-order valence-corrected chi connectivity index (χ3v) is 3.96. The van der Waals surface area contributed by atoms with Gasteiger partial charge in [-0.2, -0.15) is 4.37 Å². The molecule has 2 nitrogen and oxygen atoms in total. The molecule has 2 heterocycles. The predicted molar refractivity (Wildman–Crippen MR) is 53.9 cm³/mol. The van der Waals surface area contributed by atoms with E-state index in [4.69, 9.17) is 5.73 Å². The van der Waals surface area contributed by atoms with Crippen molar-refractivity contribution in [2.24, 2.45) is 0 Å². The largest absolute Gasteiger partial charge is 0.389 e. The van der Waals surface area contributed by atoms with Gasteiger partial charge in [0.1, 0.15) is 9.83 Å². The molecule has 0 amide bonds. The summed E-state index contributed by atoms with van der Waals surface area (Å²) in [5, 5.41) is 1.89. The first-order valence-electron chi connectivity index (χ1n) is 3.03. The first-order valence-corrected chi connectivity index (χ1v) is 5.07. The predicted octanol–water partition coefficient (Wildman–Crippen LogP) is 2.54. The highest BCUT2D eigenvalue weighted by Crippen LogP contribution is 2.37. The minimum Gasteiger partial charge on any atom is -0.389 e. The molecule has 0 radical (unpaired) electrons. The topological polar surface area (TPSA) is 38.9 Å². The molecule has 0 spiro atoms. The Morgan fingerprint density at radius 2 is 2.27 bits per heavy atom. The quantitative estimate of drug-likeness (QED) is 0.644. The van der Waals surface area contributed by atoms with E-state index >= 15 is 0 Å². The first-order chi connectivity index (χ1) is 5.20. The molecule has 0 atom stereocenters. The molecule has 0 saturated carbocycles. The van der Waals surface area contributed by atoms with Crippen molar-refractivity contribution in [2.75, 3.05) is 5.73 Å². The van der Waals surface area contributed by atoms with Gasteiger partial charge in [-0.1, -0.05) is 0 Å². The van der Waals surface area contributed by atoms with Crippen LogP contribution in [-0.4, -0.2) is 4.37 Å². The highest BCUT2D eigenvalue weighted by Gasteiger charge is 2.11. The Bertz CT molecular complexity index is 401. The van der Waals surface area contributed by atoms with E-state index in [1.165, 1.54) is 11.5 Å². The lowest BCUT2D eigenvalue weighted by Gasteiger charge is -1.86. The van der Waals surface area contributed by atoms with Crippen LogP contribution in [-0.2, 0) is 0 Å². The molecule has 2 N–H and O–H groups in total. The van der Waals surface area contributed by atoms with Crippen molar-refractivity contribution in [2.45, 2.75) is 11.1 Å². The van der Waals surface area contributed by atoms with Crippen molar-refractivity contribution in [3.63, 3.8) is 0 Å². The molecule has 2 rings (SSSR count). The number of anilines is 1. The van der Waals surface area contributed by atoms with Crippen molar-refractivity contribution in [3.05, 3.63) is 5.56 Å².